The normalized spacial score (nSPS) is 11.1. The van der Waals surface area contributed by atoms with E-state index in [1.54, 1.807) is 29.2 Å². The number of H-pyrrole nitrogens is 1. The first-order valence-corrected chi connectivity index (χ1v) is 8.70. The second kappa shape index (κ2) is 8.30. The van der Waals surface area contributed by atoms with Crippen molar-refractivity contribution in [2.45, 2.75) is 13.1 Å². The third-order valence-electron chi connectivity index (χ3n) is 4.38. The van der Waals surface area contributed by atoms with Gasteiger partial charge in [-0.3, -0.25) is 0 Å². The summed E-state index contributed by atoms with van der Waals surface area (Å²) in [5.74, 6) is -3.68. The van der Waals surface area contributed by atoms with Crippen molar-refractivity contribution in [2.24, 2.45) is 0 Å². The number of rotatable bonds is 3. The predicted octanol–water partition coefficient (Wildman–Crippen LogP) is 4.06. The molecular weight excluding hydrogens is 417 g/mol. The smallest absolute Gasteiger partial charge is 0.478 e. The number of carboxylic acid groups (broad SMARTS) is 2. The van der Waals surface area contributed by atoms with Crippen LogP contribution < -0.4 is 0 Å². The molecule has 4 aromatic rings. The molecule has 0 aliphatic rings. The lowest BCUT2D eigenvalue weighted by Crippen LogP contribution is -2.21. The lowest BCUT2D eigenvalue weighted by molar-refractivity contribution is -0.192. The van der Waals surface area contributed by atoms with E-state index >= 15 is 0 Å². The summed E-state index contributed by atoms with van der Waals surface area (Å²) in [5, 5.41) is 21.8. The molecule has 31 heavy (non-hydrogen) atoms. The topological polar surface area (TPSA) is 121 Å². The van der Waals surface area contributed by atoms with E-state index in [-0.39, 0.29) is 0 Å². The van der Waals surface area contributed by atoms with Gasteiger partial charge >= 0.3 is 18.1 Å². The van der Waals surface area contributed by atoms with Gasteiger partial charge in [0.05, 0.1) is 17.4 Å². The highest BCUT2D eigenvalue weighted by atomic mass is 19.4. The molecule has 160 valence electrons. The number of aliphatic carboxylic acids is 1. The molecule has 3 N–H and O–H groups in total. The minimum atomic E-state index is -5.08. The van der Waals surface area contributed by atoms with Crippen LogP contribution in [0.5, 0.6) is 0 Å². The minimum absolute atomic E-state index is 0.303. The summed E-state index contributed by atoms with van der Waals surface area (Å²) in [7, 11) is 0. The molecule has 0 aliphatic carbocycles. The first kappa shape index (κ1) is 21.6. The summed E-state index contributed by atoms with van der Waals surface area (Å²) in [6, 6.07) is 9.11. The van der Waals surface area contributed by atoms with Gasteiger partial charge in [-0.15, -0.1) is 0 Å². The van der Waals surface area contributed by atoms with Crippen LogP contribution in [-0.4, -0.2) is 48.1 Å². The molecule has 3 aromatic heterocycles. The molecule has 0 spiro atoms. The number of pyridine rings is 1. The molecule has 0 atom stereocenters. The van der Waals surface area contributed by atoms with Crippen LogP contribution in [0.3, 0.4) is 0 Å². The maximum absolute atomic E-state index is 11.3. The van der Waals surface area contributed by atoms with Gasteiger partial charge in [-0.2, -0.15) is 18.3 Å². The Hall–Kier alpha value is -4.15. The van der Waals surface area contributed by atoms with Crippen molar-refractivity contribution < 1.29 is 33.0 Å². The van der Waals surface area contributed by atoms with Gasteiger partial charge in [-0.05, 0) is 36.2 Å². The molecule has 8 nitrogen and oxygen atoms in total. The highest BCUT2D eigenvalue weighted by Crippen LogP contribution is 2.27. The summed E-state index contributed by atoms with van der Waals surface area (Å²) >= 11 is 0. The first-order chi connectivity index (χ1) is 14.6. The molecule has 3 heterocycles. The number of hydrogen-bond acceptors (Lipinski definition) is 4. The van der Waals surface area contributed by atoms with Crippen molar-refractivity contribution in [2.75, 3.05) is 0 Å². The maximum Gasteiger partial charge on any atom is 0.490 e. The standard InChI is InChI=1S/C18H14N4O2.C2HF3O2/c1-11-13(3-2-4-14(11)18(23)24)12-9-21-22(10-12)16-6-8-20-17-15(16)5-7-19-17;3-2(4,5)1(6)7/h2-10H,1H3,(H,19,20)(H,23,24);(H,6,7). The van der Waals surface area contributed by atoms with E-state index < -0.39 is 18.1 Å². The number of halogens is 3. The summed E-state index contributed by atoms with van der Waals surface area (Å²) in [6.07, 6.45) is 2.13. The van der Waals surface area contributed by atoms with Crippen LogP contribution in [0.2, 0.25) is 0 Å². The van der Waals surface area contributed by atoms with E-state index in [1.165, 1.54) is 0 Å². The van der Waals surface area contributed by atoms with Crippen molar-refractivity contribution >= 4 is 23.0 Å². The van der Waals surface area contributed by atoms with Crippen LogP contribution in [0.25, 0.3) is 27.8 Å². The number of alkyl halides is 3. The molecule has 4 rings (SSSR count). The first-order valence-electron chi connectivity index (χ1n) is 8.70. The van der Waals surface area contributed by atoms with Crippen molar-refractivity contribution in [3.63, 3.8) is 0 Å². The van der Waals surface area contributed by atoms with Crippen LogP contribution in [0.1, 0.15) is 15.9 Å². The average Bonchev–Trinajstić information content (AvgIpc) is 3.37. The minimum Gasteiger partial charge on any atom is -0.478 e. The number of nitrogens with one attached hydrogen (secondary N) is 1. The zero-order valence-corrected chi connectivity index (χ0v) is 15.9. The number of aromatic nitrogens is 4. The molecule has 0 radical (unpaired) electrons. The van der Waals surface area contributed by atoms with E-state index in [4.69, 9.17) is 9.90 Å². The average molecular weight is 432 g/mol. The van der Waals surface area contributed by atoms with Gasteiger partial charge in [0.25, 0.3) is 0 Å². The number of nitrogens with zero attached hydrogens (tertiary/aromatic N) is 3. The molecular formula is C20H15F3N4O4. The largest absolute Gasteiger partial charge is 0.490 e. The maximum atomic E-state index is 11.3. The molecule has 0 saturated heterocycles. The van der Waals surface area contributed by atoms with Gasteiger partial charge in [0, 0.05) is 29.5 Å². The van der Waals surface area contributed by atoms with E-state index in [0.717, 1.165) is 33.4 Å². The molecule has 0 bridgehead atoms. The number of carbonyl (C=O) groups is 2. The number of aromatic carboxylic acids is 1. The van der Waals surface area contributed by atoms with E-state index in [9.17, 15) is 23.1 Å². The summed E-state index contributed by atoms with van der Waals surface area (Å²) in [6.45, 7) is 1.81. The molecule has 0 aliphatic heterocycles. The van der Waals surface area contributed by atoms with Gasteiger partial charge in [-0.1, -0.05) is 12.1 Å². The van der Waals surface area contributed by atoms with Crippen molar-refractivity contribution in [3.8, 4) is 16.8 Å². The highest BCUT2D eigenvalue weighted by molar-refractivity contribution is 5.92. The number of aromatic amines is 1. The summed E-state index contributed by atoms with van der Waals surface area (Å²) in [5.41, 5.74) is 4.48. The van der Waals surface area contributed by atoms with Crippen LogP contribution in [0.15, 0.2) is 55.1 Å². The van der Waals surface area contributed by atoms with Gasteiger partial charge in [0.15, 0.2) is 0 Å². The zero-order valence-electron chi connectivity index (χ0n) is 15.9. The number of hydrogen-bond donors (Lipinski definition) is 3. The highest BCUT2D eigenvalue weighted by Gasteiger charge is 2.38. The van der Waals surface area contributed by atoms with Gasteiger partial charge in [-0.25, -0.2) is 19.3 Å². The van der Waals surface area contributed by atoms with E-state index in [2.05, 4.69) is 15.1 Å². The van der Waals surface area contributed by atoms with Gasteiger partial charge < -0.3 is 15.2 Å². The van der Waals surface area contributed by atoms with Crippen molar-refractivity contribution in [3.05, 3.63) is 66.2 Å². The number of benzene rings is 1. The van der Waals surface area contributed by atoms with Crippen LogP contribution in [0, 0.1) is 6.92 Å². The summed E-state index contributed by atoms with van der Waals surface area (Å²) in [4.78, 5) is 27.6. The fraction of sp³-hybridized carbons (Fsp3) is 0.100. The fourth-order valence-electron chi connectivity index (χ4n) is 2.92. The Balaban J connectivity index is 0.000000339. The second-order valence-electron chi connectivity index (χ2n) is 6.33. The molecule has 1 aromatic carbocycles. The Morgan fingerprint density at radius 2 is 1.84 bits per heavy atom. The van der Waals surface area contributed by atoms with Crippen molar-refractivity contribution in [1.82, 2.24) is 19.7 Å². The molecule has 11 heteroatoms. The van der Waals surface area contributed by atoms with Crippen LogP contribution in [-0.2, 0) is 4.79 Å². The summed E-state index contributed by atoms with van der Waals surface area (Å²) < 4.78 is 33.5. The molecule has 0 fully saturated rings. The second-order valence-corrected chi connectivity index (χ2v) is 6.33. The third-order valence-corrected chi connectivity index (χ3v) is 4.38. The Morgan fingerprint density at radius 1 is 1.13 bits per heavy atom. The van der Waals surface area contributed by atoms with Crippen molar-refractivity contribution in [1.29, 1.82) is 0 Å². The lowest BCUT2D eigenvalue weighted by Gasteiger charge is -2.06. The SMILES string of the molecule is Cc1c(C(=O)O)cccc1-c1cnn(-c2ccnc3[nH]ccc23)c1.O=C(O)C(F)(F)F. The van der Waals surface area contributed by atoms with Crippen LogP contribution >= 0.6 is 0 Å². The predicted molar refractivity (Wildman–Crippen MR) is 104 cm³/mol. The Bertz CT molecular complexity index is 1260. The monoisotopic (exact) mass is 432 g/mol. The zero-order chi connectivity index (χ0) is 22.8. The van der Waals surface area contributed by atoms with Gasteiger partial charge in [0.2, 0.25) is 0 Å². The lowest BCUT2D eigenvalue weighted by atomic mass is 9.99. The Labute approximate surface area is 172 Å². The number of carboxylic acids is 2. The van der Waals surface area contributed by atoms with Gasteiger partial charge in [0.1, 0.15) is 5.65 Å². The molecule has 0 unspecified atom stereocenters. The van der Waals surface area contributed by atoms with Crippen LogP contribution in [0.4, 0.5) is 13.2 Å². The molecule has 0 saturated carbocycles. The Kier molecular flexibility index (Phi) is 5.77. The Morgan fingerprint density at radius 3 is 2.48 bits per heavy atom. The molecule has 0 amide bonds. The third kappa shape index (κ3) is 4.55. The fourth-order valence-corrected chi connectivity index (χ4v) is 2.92. The number of fused-ring (bicyclic) bond motifs is 1. The van der Waals surface area contributed by atoms with E-state index in [1.807, 2.05) is 37.5 Å². The van der Waals surface area contributed by atoms with E-state index in [0.29, 0.717) is 5.56 Å². The quantitative estimate of drug-likeness (QED) is 0.449.